The second kappa shape index (κ2) is 9.37. The summed E-state index contributed by atoms with van der Waals surface area (Å²) in [5.74, 6) is 0.537. The van der Waals surface area contributed by atoms with Gasteiger partial charge in [-0.3, -0.25) is 4.79 Å². The Morgan fingerprint density at radius 1 is 1.17 bits per heavy atom. The van der Waals surface area contributed by atoms with Crippen LogP contribution in [0.3, 0.4) is 0 Å². The van der Waals surface area contributed by atoms with Gasteiger partial charge < -0.3 is 10.1 Å². The van der Waals surface area contributed by atoms with Gasteiger partial charge in [-0.05, 0) is 69.2 Å². The standard InChI is InChI=1S/C23H26FN3O2/c1-4-29-21-12-5-18(6-13-21)7-14-23(28)26-16(2)22-15-25-27(17(22)3)20-10-8-19(24)9-11-20/h5-6,8-13,15-16H,4,7,14H2,1-3H3,(H,26,28). The van der Waals surface area contributed by atoms with Gasteiger partial charge in [0, 0.05) is 17.7 Å². The highest BCUT2D eigenvalue weighted by Crippen LogP contribution is 2.21. The van der Waals surface area contributed by atoms with Gasteiger partial charge in [0.05, 0.1) is 24.5 Å². The minimum atomic E-state index is -0.285. The molecule has 1 atom stereocenters. The fourth-order valence-corrected chi connectivity index (χ4v) is 3.26. The maximum atomic E-state index is 13.1. The summed E-state index contributed by atoms with van der Waals surface area (Å²) in [6.45, 7) is 6.46. The van der Waals surface area contributed by atoms with Crippen molar-refractivity contribution >= 4 is 5.91 Å². The van der Waals surface area contributed by atoms with Crippen molar-refractivity contribution in [3.05, 3.63) is 77.4 Å². The van der Waals surface area contributed by atoms with E-state index in [9.17, 15) is 9.18 Å². The number of halogens is 1. The van der Waals surface area contributed by atoms with Gasteiger partial charge in [0.2, 0.25) is 5.91 Å². The van der Waals surface area contributed by atoms with Crippen LogP contribution in [0.1, 0.15) is 43.1 Å². The first-order chi connectivity index (χ1) is 14.0. The third kappa shape index (κ3) is 5.22. The number of carbonyl (C=O) groups is 1. The minimum absolute atomic E-state index is 0.0136. The van der Waals surface area contributed by atoms with Gasteiger partial charge >= 0.3 is 0 Å². The van der Waals surface area contributed by atoms with Gasteiger partial charge in [-0.15, -0.1) is 0 Å². The number of aromatic nitrogens is 2. The summed E-state index contributed by atoms with van der Waals surface area (Å²) >= 11 is 0. The maximum absolute atomic E-state index is 13.1. The largest absolute Gasteiger partial charge is 0.494 e. The van der Waals surface area contributed by atoms with Gasteiger partial charge in [-0.2, -0.15) is 5.10 Å². The van der Waals surface area contributed by atoms with Crippen molar-refractivity contribution in [1.29, 1.82) is 0 Å². The molecule has 0 aliphatic carbocycles. The highest BCUT2D eigenvalue weighted by molar-refractivity contribution is 5.76. The molecule has 1 aromatic heterocycles. The molecule has 29 heavy (non-hydrogen) atoms. The third-order valence-corrected chi connectivity index (χ3v) is 4.84. The molecule has 0 spiro atoms. The molecule has 0 aliphatic rings. The molecule has 152 valence electrons. The lowest BCUT2D eigenvalue weighted by molar-refractivity contribution is -0.121. The highest BCUT2D eigenvalue weighted by Gasteiger charge is 2.16. The molecular formula is C23H26FN3O2. The van der Waals surface area contributed by atoms with Gasteiger partial charge in [0.25, 0.3) is 0 Å². The molecule has 0 fully saturated rings. The van der Waals surface area contributed by atoms with Crippen molar-refractivity contribution in [3.63, 3.8) is 0 Å². The smallest absolute Gasteiger partial charge is 0.220 e. The van der Waals surface area contributed by atoms with Gasteiger partial charge in [-0.1, -0.05) is 12.1 Å². The summed E-state index contributed by atoms with van der Waals surface area (Å²) in [4.78, 5) is 12.4. The molecule has 0 saturated carbocycles. The van der Waals surface area contributed by atoms with E-state index < -0.39 is 0 Å². The Morgan fingerprint density at radius 3 is 2.52 bits per heavy atom. The van der Waals surface area contributed by atoms with Crippen molar-refractivity contribution < 1.29 is 13.9 Å². The van der Waals surface area contributed by atoms with Crippen molar-refractivity contribution in [2.24, 2.45) is 0 Å². The van der Waals surface area contributed by atoms with Crippen LogP contribution in [0.4, 0.5) is 4.39 Å². The number of carbonyl (C=O) groups excluding carboxylic acids is 1. The number of hydrogen-bond donors (Lipinski definition) is 1. The number of amides is 1. The molecule has 1 heterocycles. The van der Waals surface area contributed by atoms with E-state index in [1.807, 2.05) is 45.0 Å². The summed E-state index contributed by atoms with van der Waals surface area (Å²) in [5, 5.41) is 7.43. The summed E-state index contributed by atoms with van der Waals surface area (Å²) in [5.41, 5.74) is 3.72. The molecule has 0 radical (unpaired) electrons. The monoisotopic (exact) mass is 395 g/mol. The van der Waals surface area contributed by atoms with Gasteiger partial charge in [-0.25, -0.2) is 9.07 Å². The van der Waals surface area contributed by atoms with Crippen LogP contribution < -0.4 is 10.1 Å². The minimum Gasteiger partial charge on any atom is -0.494 e. The van der Waals surface area contributed by atoms with Crippen molar-refractivity contribution in [2.75, 3.05) is 6.61 Å². The molecule has 1 N–H and O–H groups in total. The van der Waals surface area contributed by atoms with Crippen LogP contribution in [0.25, 0.3) is 5.69 Å². The Kier molecular flexibility index (Phi) is 6.65. The summed E-state index contributed by atoms with van der Waals surface area (Å²) in [7, 11) is 0. The fourth-order valence-electron chi connectivity index (χ4n) is 3.26. The van der Waals surface area contributed by atoms with Crippen molar-refractivity contribution in [2.45, 2.75) is 39.7 Å². The highest BCUT2D eigenvalue weighted by atomic mass is 19.1. The van der Waals surface area contributed by atoms with Crippen LogP contribution >= 0.6 is 0 Å². The Hall–Kier alpha value is -3.15. The molecular weight excluding hydrogens is 369 g/mol. The van der Waals surface area contributed by atoms with Crippen molar-refractivity contribution in [1.82, 2.24) is 15.1 Å². The van der Waals surface area contributed by atoms with E-state index in [1.165, 1.54) is 12.1 Å². The second-order valence-corrected chi connectivity index (χ2v) is 6.94. The maximum Gasteiger partial charge on any atom is 0.220 e. The summed E-state index contributed by atoms with van der Waals surface area (Å²) in [6, 6.07) is 13.8. The van der Waals surface area contributed by atoms with E-state index in [0.29, 0.717) is 19.4 Å². The molecule has 5 nitrogen and oxygen atoms in total. The van der Waals surface area contributed by atoms with Gasteiger partial charge in [0.15, 0.2) is 0 Å². The Labute approximate surface area is 170 Å². The second-order valence-electron chi connectivity index (χ2n) is 6.94. The summed E-state index contributed by atoms with van der Waals surface area (Å²) < 4.78 is 20.3. The van der Waals surface area contributed by atoms with E-state index in [-0.39, 0.29) is 17.8 Å². The molecule has 6 heteroatoms. The predicted molar refractivity (Wildman–Crippen MR) is 111 cm³/mol. The van der Waals surface area contributed by atoms with Crippen LogP contribution in [0, 0.1) is 12.7 Å². The molecule has 0 saturated heterocycles. The lowest BCUT2D eigenvalue weighted by atomic mass is 10.1. The first-order valence-electron chi connectivity index (χ1n) is 9.79. The topological polar surface area (TPSA) is 56.1 Å². The molecule has 3 rings (SSSR count). The molecule has 3 aromatic rings. The van der Waals surface area contributed by atoms with Gasteiger partial charge in [0.1, 0.15) is 11.6 Å². The van der Waals surface area contributed by atoms with E-state index in [0.717, 1.165) is 28.3 Å². The van der Waals surface area contributed by atoms with Crippen LogP contribution in [-0.4, -0.2) is 22.3 Å². The Morgan fingerprint density at radius 2 is 1.86 bits per heavy atom. The number of nitrogens with zero attached hydrogens (tertiary/aromatic N) is 2. The summed E-state index contributed by atoms with van der Waals surface area (Å²) in [6.07, 6.45) is 2.82. The predicted octanol–water partition coefficient (Wildman–Crippen LogP) is 4.53. The van der Waals surface area contributed by atoms with Crippen LogP contribution in [0.15, 0.2) is 54.7 Å². The average Bonchev–Trinajstić information content (AvgIpc) is 3.10. The van der Waals surface area contributed by atoms with E-state index in [1.54, 1.807) is 23.0 Å². The lowest BCUT2D eigenvalue weighted by Gasteiger charge is -2.14. The van der Waals surface area contributed by atoms with E-state index in [2.05, 4.69) is 10.4 Å². The number of aryl methyl sites for hydroxylation is 1. The molecule has 0 bridgehead atoms. The van der Waals surface area contributed by atoms with Crippen molar-refractivity contribution in [3.8, 4) is 11.4 Å². The average molecular weight is 395 g/mol. The molecule has 1 amide bonds. The van der Waals surface area contributed by atoms with E-state index in [4.69, 9.17) is 4.74 Å². The molecule has 2 aromatic carbocycles. The lowest BCUT2D eigenvalue weighted by Crippen LogP contribution is -2.27. The normalized spacial score (nSPS) is 11.9. The number of rotatable bonds is 8. The number of benzene rings is 2. The van der Waals surface area contributed by atoms with Crippen LogP contribution in [-0.2, 0) is 11.2 Å². The number of hydrogen-bond acceptors (Lipinski definition) is 3. The zero-order valence-electron chi connectivity index (χ0n) is 17.0. The fraction of sp³-hybridized carbons (Fsp3) is 0.304. The molecule has 1 unspecified atom stereocenters. The SMILES string of the molecule is CCOc1ccc(CCC(=O)NC(C)c2cnn(-c3ccc(F)cc3)c2C)cc1. The zero-order chi connectivity index (χ0) is 20.8. The third-order valence-electron chi connectivity index (χ3n) is 4.84. The number of ether oxygens (including phenoxy) is 1. The Bertz CT molecular complexity index is 949. The zero-order valence-corrected chi connectivity index (χ0v) is 17.0. The van der Waals surface area contributed by atoms with Crippen LogP contribution in [0.5, 0.6) is 5.75 Å². The first kappa shape index (κ1) is 20.6. The Balaban J connectivity index is 1.57. The van der Waals surface area contributed by atoms with E-state index >= 15 is 0 Å². The molecule has 0 aliphatic heterocycles. The quantitative estimate of drug-likeness (QED) is 0.610. The van der Waals surface area contributed by atoms with Crippen LogP contribution in [0.2, 0.25) is 0 Å². The number of nitrogens with one attached hydrogen (secondary N) is 1. The first-order valence-corrected chi connectivity index (χ1v) is 9.79.